The van der Waals surface area contributed by atoms with Crippen LogP contribution in [0.15, 0.2) is 59.0 Å². The molecule has 0 saturated carbocycles. The zero-order chi connectivity index (χ0) is 22.1. The summed E-state index contributed by atoms with van der Waals surface area (Å²) < 4.78 is 5.82. The van der Waals surface area contributed by atoms with E-state index in [1.807, 2.05) is 30.6 Å². The van der Waals surface area contributed by atoms with Gasteiger partial charge in [0.1, 0.15) is 0 Å². The highest BCUT2D eigenvalue weighted by Crippen LogP contribution is 2.42. The van der Waals surface area contributed by atoms with Gasteiger partial charge in [0.25, 0.3) is 0 Å². The molecule has 0 aliphatic carbocycles. The third-order valence-electron chi connectivity index (χ3n) is 6.53. The number of ether oxygens (including phenoxy) is 1. The van der Waals surface area contributed by atoms with E-state index >= 15 is 0 Å². The standard InChI is InChI=1S/C23H25ClN6OS/c1-15-21(25)23(14-31-15)5-9-30(10-6-23)22-28-11-16(12-29-22)32-19-4-2-3-17(20(19)24)18-13-26-7-8-27-18/h2-4,7-8,11-13,15,21H,5-6,9-10,14,25H2,1H3/t15-,21+/m0/s1. The highest BCUT2D eigenvalue weighted by molar-refractivity contribution is 7.99. The summed E-state index contributed by atoms with van der Waals surface area (Å²) >= 11 is 8.21. The lowest BCUT2D eigenvalue weighted by Gasteiger charge is -2.41. The first-order valence-electron chi connectivity index (χ1n) is 10.7. The van der Waals surface area contributed by atoms with Gasteiger partial charge in [-0.25, -0.2) is 9.97 Å². The van der Waals surface area contributed by atoms with Crippen LogP contribution >= 0.6 is 23.4 Å². The molecule has 2 N–H and O–H groups in total. The molecule has 2 aromatic heterocycles. The van der Waals surface area contributed by atoms with Gasteiger partial charge in [0.15, 0.2) is 0 Å². The normalized spacial score (nSPS) is 22.4. The van der Waals surface area contributed by atoms with E-state index in [9.17, 15) is 0 Å². The smallest absolute Gasteiger partial charge is 0.225 e. The minimum Gasteiger partial charge on any atom is -0.376 e. The first kappa shape index (κ1) is 21.6. The van der Waals surface area contributed by atoms with Crippen molar-refractivity contribution < 1.29 is 4.74 Å². The van der Waals surface area contributed by atoms with Crippen LogP contribution in [0.1, 0.15) is 19.8 Å². The van der Waals surface area contributed by atoms with Crippen LogP contribution in [0.4, 0.5) is 5.95 Å². The van der Waals surface area contributed by atoms with E-state index < -0.39 is 0 Å². The summed E-state index contributed by atoms with van der Waals surface area (Å²) in [7, 11) is 0. The third kappa shape index (κ3) is 4.08. The van der Waals surface area contributed by atoms with Gasteiger partial charge < -0.3 is 15.4 Å². The molecule has 166 valence electrons. The number of piperidine rings is 1. The molecule has 0 amide bonds. The largest absolute Gasteiger partial charge is 0.376 e. The number of anilines is 1. The Morgan fingerprint density at radius 3 is 2.56 bits per heavy atom. The number of halogens is 1. The van der Waals surface area contributed by atoms with Gasteiger partial charge in [-0.1, -0.05) is 35.5 Å². The molecule has 0 unspecified atom stereocenters. The van der Waals surface area contributed by atoms with Crippen molar-refractivity contribution in [2.75, 3.05) is 24.6 Å². The highest BCUT2D eigenvalue weighted by Gasteiger charge is 2.47. The number of hydrogen-bond donors (Lipinski definition) is 1. The number of benzene rings is 1. The number of hydrogen-bond acceptors (Lipinski definition) is 8. The van der Waals surface area contributed by atoms with Gasteiger partial charge in [-0.05, 0) is 25.8 Å². The Balaban J connectivity index is 1.26. The molecular weight excluding hydrogens is 444 g/mol. The van der Waals surface area contributed by atoms with Gasteiger partial charge in [-0.3, -0.25) is 9.97 Å². The van der Waals surface area contributed by atoms with Gasteiger partial charge in [0.05, 0.1) is 29.6 Å². The molecule has 2 fully saturated rings. The molecular formula is C23H25ClN6OS. The average molecular weight is 469 g/mol. The van der Waals surface area contributed by atoms with Crippen LogP contribution < -0.4 is 10.6 Å². The fraction of sp³-hybridized carbons (Fsp3) is 0.391. The van der Waals surface area contributed by atoms with E-state index in [0.717, 1.165) is 59.5 Å². The lowest BCUT2D eigenvalue weighted by atomic mass is 9.73. The van der Waals surface area contributed by atoms with Gasteiger partial charge >= 0.3 is 0 Å². The number of nitrogens with two attached hydrogens (primary N) is 1. The zero-order valence-electron chi connectivity index (χ0n) is 17.8. The van der Waals surface area contributed by atoms with Crippen LogP contribution in [0.25, 0.3) is 11.3 Å². The quantitative estimate of drug-likeness (QED) is 0.612. The lowest BCUT2D eigenvalue weighted by Crippen LogP contribution is -2.50. The van der Waals surface area contributed by atoms with Crippen LogP contribution in [0.3, 0.4) is 0 Å². The molecule has 1 spiro atoms. The van der Waals surface area contributed by atoms with Crippen molar-refractivity contribution >= 4 is 29.3 Å². The maximum absolute atomic E-state index is 6.67. The van der Waals surface area contributed by atoms with Crippen LogP contribution in [0, 0.1) is 5.41 Å². The molecule has 0 radical (unpaired) electrons. The Bertz CT molecular complexity index is 1080. The summed E-state index contributed by atoms with van der Waals surface area (Å²) in [5.74, 6) is 0.754. The molecule has 1 aromatic carbocycles. The van der Waals surface area contributed by atoms with E-state index in [0.29, 0.717) is 5.02 Å². The molecule has 2 aliphatic heterocycles. The maximum Gasteiger partial charge on any atom is 0.225 e. The zero-order valence-corrected chi connectivity index (χ0v) is 19.4. The Kier molecular flexibility index (Phi) is 6.03. The summed E-state index contributed by atoms with van der Waals surface area (Å²) in [5.41, 5.74) is 8.12. The monoisotopic (exact) mass is 468 g/mol. The van der Waals surface area contributed by atoms with Crippen LogP contribution in [0.5, 0.6) is 0 Å². The fourth-order valence-electron chi connectivity index (χ4n) is 4.50. The van der Waals surface area contributed by atoms with E-state index in [-0.39, 0.29) is 17.6 Å². The molecule has 2 atom stereocenters. The Morgan fingerprint density at radius 2 is 1.91 bits per heavy atom. The topological polar surface area (TPSA) is 90.0 Å². The summed E-state index contributed by atoms with van der Waals surface area (Å²) in [6.45, 7) is 4.61. The molecule has 7 nitrogen and oxygen atoms in total. The summed E-state index contributed by atoms with van der Waals surface area (Å²) in [4.78, 5) is 21.8. The second-order valence-corrected chi connectivity index (χ2v) is 9.91. The predicted molar refractivity (Wildman–Crippen MR) is 126 cm³/mol. The molecule has 2 saturated heterocycles. The van der Waals surface area contributed by atoms with Crippen molar-refractivity contribution in [2.24, 2.45) is 11.1 Å². The minimum atomic E-state index is 0.0939. The SMILES string of the molecule is C[C@@H]1OCC2(CCN(c3ncc(Sc4cccc(-c5cnccn5)c4Cl)cn3)CC2)[C@@H]1N. The molecule has 4 heterocycles. The van der Waals surface area contributed by atoms with Gasteiger partial charge in [-0.15, -0.1) is 0 Å². The Morgan fingerprint density at radius 1 is 1.12 bits per heavy atom. The van der Waals surface area contributed by atoms with E-state index in [1.165, 1.54) is 11.8 Å². The maximum atomic E-state index is 6.67. The van der Waals surface area contributed by atoms with Crippen molar-refractivity contribution in [3.8, 4) is 11.3 Å². The first-order valence-corrected chi connectivity index (χ1v) is 11.9. The average Bonchev–Trinajstić information content (AvgIpc) is 3.10. The minimum absolute atomic E-state index is 0.0939. The van der Waals surface area contributed by atoms with Crippen LogP contribution in [-0.4, -0.2) is 51.8 Å². The Labute approximate surface area is 196 Å². The van der Waals surface area contributed by atoms with Crippen molar-refractivity contribution in [1.29, 1.82) is 0 Å². The third-order valence-corrected chi connectivity index (χ3v) is 8.06. The molecule has 2 aliphatic rings. The van der Waals surface area contributed by atoms with Crippen molar-refractivity contribution in [2.45, 2.75) is 41.7 Å². The number of nitrogens with zero attached hydrogens (tertiary/aromatic N) is 5. The highest BCUT2D eigenvalue weighted by atomic mass is 35.5. The van der Waals surface area contributed by atoms with Gasteiger partial charge in [-0.2, -0.15) is 0 Å². The fourth-order valence-corrected chi connectivity index (χ4v) is 5.65. The summed E-state index contributed by atoms with van der Waals surface area (Å²) in [5, 5.41) is 0.646. The number of rotatable bonds is 4. The second-order valence-electron chi connectivity index (χ2n) is 8.42. The van der Waals surface area contributed by atoms with Crippen molar-refractivity contribution in [3.05, 3.63) is 54.2 Å². The molecule has 3 aromatic rings. The summed E-state index contributed by atoms with van der Waals surface area (Å²) in [6, 6.07) is 6.00. The molecule has 9 heteroatoms. The van der Waals surface area contributed by atoms with Crippen molar-refractivity contribution in [3.63, 3.8) is 0 Å². The second kappa shape index (κ2) is 8.94. The van der Waals surface area contributed by atoms with Crippen molar-refractivity contribution in [1.82, 2.24) is 19.9 Å². The number of aromatic nitrogens is 4. The molecule has 5 rings (SSSR count). The first-order chi connectivity index (χ1) is 15.6. The van der Waals surface area contributed by atoms with Gasteiger partial charge in [0, 0.05) is 64.7 Å². The Hall–Kier alpha value is -2.26. The van der Waals surface area contributed by atoms with E-state index in [1.54, 1.807) is 18.6 Å². The van der Waals surface area contributed by atoms with E-state index in [2.05, 4.69) is 31.8 Å². The summed E-state index contributed by atoms with van der Waals surface area (Å²) in [6.07, 6.45) is 10.9. The predicted octanol–water partition coefficient (Wildman–Crippen LogP) is 4.07. The van der Waals surface area contributed by atoms with Gasteiger partial charge in [0.2, 0.25) is 5.95 Å². The lowest BCUT2D eigenvalue weighted by molar-refractivity contribution is 0.0973. The molecule has 0 bridgehead atoms. The van der Waals surface area contributed by atoms with Crippen LogP contribution in [0.2, 0.25) is 5.02 Å². The van der Waals surface area contributed by atoms with Crippen LogP contribution in [-0.2, 0) is 4.74 Å². The molecule has 32 heavy (non-hydrogen) atoms. The van der Waals surface area contributed by atoms with E-state index in [4.69, 9.17) is 22.1 Å².